The van der Waals surface area contributed by atoms with Gasteiger partial charge in [-0.25, -0.2) is 0 Å². The summed E-state index contributed by atoms with van der Waals surface area (Å²) in [6.07, 6.45) is 3.14. The fourth-order valence-corrected chi connectivity index (χ4v) is 4.07. The van der Waals surface area contributed by atoms with E-state index >= 15 is 0 Å². The van der Waals surface area contributed by atoms with Gasteiger partial charge in [-0.1, -0.05) is 64.6 Å². The second-order valence-corrected chi connectivity index (χ2v) is 9.95. The molecule has 1 fully saturated rings. The van der Waals surface area contributed by atoms with Crippen LogP contribution in [0, 0.1) is 5.92 Å². The van der Waals surface area contributed by atoms with Crippen molar-refractivity contribution < 1.29 is 19.1 Å². The highest BCUT2D eigenvalue weighted by Gasteiger charge is 2.31. The van der Waals surface area contributed by atoms with E-state index in [1.165, 1.54) is 0 Å². The normalized spacial score (nSPS) is 15.1. The van der Waals surface area contributed by atoms with Gasteiger partial charge in [-0.2, -0.15) is 0 Å². The van der Waals surface area contributed by atoms with Crippen LogP contribution in [0.1, 0.15) is 71.8 Å². The monoisotopic (exact) mass is 529 g/mol. The Bertz CT molecular complexity index is 979. The predicted octanol–water partition coefficient (Wildman–Crippen LogP) is 5.74. The van der Waals surface area contributed by atoms with Gasteiger partial charge < -0.3 is 10.1 Å². The van der Waals surface area contributed by atoms with Crippen molar-refractivity contribution in [2.24, 2.45) is 5.92 Å². The van der Waals surface area contributed by atoms with E-state index in [9.17, 15) is 14.4 Å². The maximum Gasteiger partial charge on any atom is 0.286 e. The third kappa shape index (κ3) is 12.3. The van der Waals surface area contributed by atoms with Gasteiger partial charge in [0.2, 0.25) is 11.8 Å². The zero-order chi connectivity index (χ0) is 27.8. The van der Waals surface area contributed by atoms with Crippen LogP contribution < -0.4 is 15.4 Å². The van der Waals surface area contributed by atoms with Crippen LogP contribution in [0.4, 0.5) is 4.79 Å². The number of imide groups is 1. The summed E-state index contributed by atoms with van der Waals surface area (Å²) in [6.45, 7) is 14.6. The molecule has 1 aliphatic heterocycles. The van der Waals surface area contributed by atoms with Gasteiger partial charge in [0.15, 0.2) is 0 Å². The predicted molar refractivity (Wildman–Crippen MR) is 152 cm³/mol. The van der Waals surface area contributed by atoms with Gasteiger partial charge in [0, 0.05) is 29.8 Å². The van der Waals surface area contributed by atoms with Crippen molar-refractivity contribution in [1.82, 2.24) is 15.6 Å². The minimum absolute atomic E-state index is 0.155. The molecule has 0 saturated carbocycles. The molecule has 2 N–H and O–H groups in total. The average Bonchev–Trinajstić information content (AvgIpc) is 3.21. The minimum atomic E-state index is -0.337. The van der Waals surface area contributed by atoms with E-state index in [0.717, 1.165) is 53.7 Å². The molecule has 1 aromatic heterocycles. The number of carbonyl (C=O) groups excluding carboxylic acids is 3. The number of aryl methyl sites for hydroxylation is 1. The van der Waals surface area contributed by atoms with Gasteiger partial charge in [-0.05, 0) is 62.9 Å². The van der Waals surface area contributed by atoms with Crippen molar-refractivity contribution in [3.8, 4) is 5.75 Å². The summed E-state index contributed by atoms with van der Waals surface area (Å²) in [5.74, 6) is 0.895. The van der Waals surface area contributed by atoms with Crippen molar-refractivity contribution >= 4 is 28.8 Å². The first-order chi connectivity index (χ1) is 17.7. The van der Waals surface area contributed by atoms with Gasteiger partial charge in [0.1, 0.15) is 5.75 Å². The van der Waals surface area contributed by atoms with Crippen LogP contribution >= 0.6 is 11.8 Å². The van der Waals surface area contributed by atoms with E-state index in [0.29, 0.717) is 13.0 Å². The number of thioether (sulfide) groups is 1. The third-order valence-corrected chi connectivity index (χ3v) is 6.44. The number of aromatic nitrogens is 1. The smallest absolute Gasteiger partial charge is 0.286 e. The number of benzene rings is 1. The van der Waals surface area contributed by atoms with Crippen molar-refractivity contribution in [2.45, 2.75) is 85.4 Å². The fourth-order valence-electron chi connectivity index (χ4n) is 3.21. The molecule has 37 heavy (non-hydrogen) atoms. The molecule has 7 nitrogen and oxygen atoms in total. The zero-order valence-electron chi connectivity index (χ0n) is 23.3. The number of rotatable bonds is 10. The minimum Gasteiger partial charge on any atom is -0.493 e. The lowest BCUT2D eigenvalue weighted by molar-refractivity contribution is -0.125. The van der Waals surface area contributed by atoms with Gasteiger partial charge in [-0.15, -0.1) is 0 Å². The lowest BCUT2D eigenvalue weighted by atomic mass is 10.1. The van der Waals surface area contributed by atoms with Gasteiger partial charge in [0.05, 0.1) is 11.9 Å². The molecule has 8 heteroatoms. The van der Waals surface area contributed by atoms with Crippen molar-refractivity contribution in [1.29, 1.82) is 0 Å². The highest BCUT2D eigenvalue weighted by Crippen LogP contribution is 2.24. The van der Waals surface area contributed by atoms with Gasteiger partial charge in [0.25, 0.3) is 5.24 Å². The van der Waals surface area contributed by atoms with Crippen LogP contribution in [0.3, 0.4) is 0 Å². The van der Waals surface area contributed by atoms with E-state index in [1.54, 1.807) is 0 Å². The van der Waals surface area contributed by atoms with E-state index in [1.807, 2.05) is 84.0 Å². The van der Waals surface area contributed by atoms with Crippen LogP contribution in [0.25, 0.3) is 0 Å². The van der Waals surface area contributed by atoms with Crippen molar-refractivity contribution in [3.05, 3.63) is 59.4 Å². The maximum atomic E-state index is 11.6. The third-order valence-electron chi connectivity index (χ3n) is 5.46. The number of carbonyl (C=O) groups is 3. The Balaban J connectivity index is 0.000000483. The number of ether oxygens (including phenoxy) is 1. The Morgan fingerprint density at radius 3 is 2.24 bits per heavy atom. The number of pyridine rings is 1. The Morgan fingerprint density at radius 2 is 1.70 bits per heavy atom. The number of nitrogens with one attached hydrogen (secondary N) is 2. The Morgan fingerprint density at radius 1 is 1.05 bits per heavy atom. The van der Waals surface area contributed by atoms with Crippen LogP contribution in [-0.2, 0) is 28.9 Å². The Hall–Kier alpha value is -2.87. The van der Waals surface area contributed by atoms with Crippen molar-refractivity contribution in [3.63, 3.8) is 0 Å². The molecular weight excluding hydrogens is 486 g/mol. The summed E-state index contributed by atoms with van der Waals surface area (Å²) in [7, 11) is 0. The Labute approximate surface area is 226 Å². The number of hydrogen-bond acceptors (Lipinski definition) is 6. The van der Waals surface area contributed by atoms with Crippen LogP contribution in [0.5, 0.6) is 5.75 Å². The first kappa shape index (κ1) is 32.2. The molecule has 2 aromatic rings. The molecule has 1 aromatic carbocycles. The number of amides is 3. The SMILES string of the molecule is CC.CCC(C)C(=O)NC(C)C.CCc1cccc(CCOc2ccc(CC3SC(=O)NC3=O)cc2)n1. The molecule has 2 unspecified atom stereocenters. The largest absolute Gasteiger partial charge is 0.493 e. The molecule has 1 saturated heterocycles. The Kier molecular flexibility index (Phi) is 15.3. The van der Waals surface area contributed by atoms with Gasteiger partial charge >= 0.3 is 0 Å². The molecule has 3 rings (SSSR count). The van der Waals surface area contributed by atoms with Crippen LogP contribution in [0.15, 0.2) is 42.5 Å². The molecule has 3 amide bonds. The fraction of sp³-hybridized carbons (Fsp3) is 0.517. The second-order valence-electron chi connectivity index (χ2n) is 8.78. The second kappa shape index (κ2) is 17.6. The molecule has 0 radical (unpaired) electrons. The first-order valence-corrected chi connectivity index (χ1v) is 14.1. The highest BCUT2D eigenvalue weighted by molar-refractivity contribution is 8.15. The molecular formula is C29H43N3O4S. The lowest BCUT2D eigenvalue weighted by Crippen LogP contribution is -2.34. The maximum absolute atomic E-state index is 11.6. The van der Waals surface area contributed by atoms with E-state index in [-0.39, 0.29) is 34.3 Å². The summed E-state index contributed by atoms with van der Waals surface area (Å²) in [5.41, 5.74) is 3.13. The molecule has 2 heterocycles. The molecule has 0 aliphatic carbocycles. The van der Waals surface area contributed by atoms with E-state index < -0.39 is 0 Å². The first-order valence-electron chi connectivity index (χ1n) is 13.2. The summed E-state index contributed by atoms with van der Waals surface area (Å²) < 4.78 is 5.77. The summed E-state index contributed by atoms with van der Waals surface area (Å²) in [5, 5.41) is 4.55. The summed E-state index contributed by atoms with van der Waals surface area (Å²) in [6, 6.07) is 14.0. The molecule has 204 valence electrons. The van der Waals surface area contributed by atoms with Crippen LogP contribution in [0.2, 0.25) is 0 Å². The number of nitrogens with zero attached hydrogens (tertiary/aromatic N) is 1. The quantitative estimate of drug-likeness (QED) is 0.407. The molecule has 2 atom stereocenters. The lowest BCUT2D eigenvalue weighted by Gasteiger charge is -2.11. The van der Waals surface area contributed by atoms with E-state index in [4.69, 9.17) is 4.74 Å². The van der Waals surface area contributed by atoms with Gasteiger partial charge in [-0.3, -0.25) is 24.7 Å². The van der Waals surface area contributed by atoms with Crippen LogP contribution in [-0.4, -0.2) is 39.9 Å². The van der Waals surface area contributed by atoms with E-state index in [2.05, 4.69) is 22.5 Å². The standard InChI is InChI=1S/C19H20N2O3S.C8H17NO.C2H6/c1-2-14-4-3-5-15(20-14)10-11-24-16-8-6-13(7-9-16)12-17-18(22)21-19(23)25-17;1-5-7(4)8(10)9-6(2)3;1-2/h3-9,17H,2,10-12H2,1H3,(H,21,22,23);6-7H,5H2,1-4H3,(H,9,10);1-2H3. The molecule has 1 aliphatic rings. The molecule has 0 bridgehead atoms. The topological polar surface area (TPSA) is 97.4 Å². The highest BCUT2D eigenvalue weighted by atomic mass is 32.2. The summed E-state index contributed by atoms with van der Waals surface area (Å²) in [4.78, 5) is 38.4. The number of hydrogen-bond donors (Lipinski definition) is 2. The summed E-state index contributed by atoms with van der Waals surface area (Å²) >= 11 is 1.05. The molecule has 0 spiro atoms. The van der Waals surface area contributed by atoms with Crippen molar-refractivity contribution in [2.75, 3.05) is 6.61 Å². The average molecular weight is 530 g/mol. The zero-order valence-corrected chi connectivity index (χ0v) is 24.1.